The van der Waals surface area contributed by atoms with Crippen molar-refractivity contribution in [3.05, 3.63) is 68.2 Å². The first-order valence-corrected chi connectivity index (χ1v) is 8.80. The molecule has 0 aliphatic heterocycles. The maximum atomic E-state index is 13.6. The highest BCUT2D eigenvalue weighted by Crippen LogP contribution is 2.43. The van der Waals surface area contributed by atoms with Gasteiger partial charge < -0.3 is 0 Å². The van der Waals surface area contributed by atoms with Crippen molar-refractivity contribution >= 4 is 64.9 Å². The second kappa shape index (κ2) is 5.76. The summed E-state index contributed by atoms with van der Waals surface area (Å²) < 4.78 is 15.8. The van der Waals surface area contributed by atoms with Crippen LogP contribution in [0.2, 0.25) is 5.02 Å². The SMILES string of the molecule is Fc1cccc(C(Br)c2csc3c(Br)cccc23)c1Cl. The van der Waals surface area contributed by atoms with Crippen LogP contribution in [0.25, 0.3) is 10.1 Å². The van der Waals surface area contributed by atoms with Crippen LogP contribution >= 0.6 is 54.8 Å². The van der Waals surface area contributed by atoms with Crippen LogP contribution in [0.5, 0.6) is 0 Å². The van der Waals surface area contributed by atoms with E-state index in [0.717, 1.165) is 21.0 Å². The first-order chi connectivity index (χ1) is 9.59. The van der Waals surface area contributed by atoms with E-state index in [2.05, 4.69) is 43.3 Å². The Morgan fingerprint density at radius 3 is 2.65 bits per heavy atom. The highest BCUT2D eigenvalue weighted by atomic mass is 79.9. The molecular weight excluding hydrogens is 426 g/mol. The summed E-state index contributed by atoms with van der Waals surface area (Å²) in [6.45, 7) is 0. The molecule has 2 aromatic carbocycles. The summed E-state index contributed by atoms with van der Waals surface area (Å²) in [4.78, 5) is -0.131. The van der Waals surface area contributed by atoms with E-state index >= 15 is 0 Å². The fourth-order valence-corrected chi connectivity index (χ4v) is 5.07. The van der Waals surface area contributed by atoms with Gasteiger partial charge in [-0.15, -0.1) is 11.3 Å². The average molecular weight is 435 g/mol. The fourth-order valence-electron chi connectivity index (χ4n) is 2.12. The number of thiophene rings is 1. The van der Waals surface area contributed by atoms with E-state index in [9.17, 15) is 4.39 Å². The maximum Gasteiger partial charge on any atom is 0.142 e. The zero-order valence-corrected chi connectivity index (χ0v) is 14.8. The lowest BCUT2D eigenvalue weighted by atomic mass is 10.0. The standard InChI is InChI=1S/C15H8Br2ClFS/c16-11-5-1-3-8-10(7-20-15(8)11)13(17)9-4-2-6-12(19)14(9)18/h1-7,13H. The van der Waals surface area contributed by atoms with Crippen LogP contribution in [0.1, 0.15) is 16.0 Å². The predicted octanol–water partition coefficient (Wildman–Crippen LogP) is 6.94. The summed E-state index contributed by atoms with van der Waals surface area (Å²) in [6, 6.07) is 11.0. The first kappa shape index (κ1) is 14.5. The third-order valence-electron chi connectivity index (χ3n) is 3.11. The fraction of sp³-hybridized carbons (Fsp3) is 0.0667. The Morgan fingerprint density at radius 2 is 1.85 bits per heavy atom. The molecule has 0 aliphatic rings. The second-order valence-electron chi connectivity index (χ2n) is 4.31. The van der Waals surface area contributed by atoms with Crippen molar-refractivity contribution in [1.82, 2.24) is 0 Å². The Bertz CT molecular complexity index is 785. The van der Waals surface area contributed by atoms with Crippen LogP contribution in [0.15, 0.2) is 46.3 Å². The average Bonchev–Trinajstić information content (AvgIpc) is 2.86. The molecule has 0 radical (unpaired) electrons. The van der Waals surface area contributed by atoms with Gasteiger partial charge in [-0.05, 0) is 50.0 Å². The summed E-state index contributed by atoms with van der Waals surface area (Å²) in [7, 11) is 0. The van der Waals surface area contributed by atoms with Crippen LogP contribution < -0.4 is 0 Å². The van der Waals surface area contributed by atoms with Crippen molar-refractivity contribution in [3.8, 4) is 0 Å². The number of halogens is 4. The minimum atomic E-state index is -0.394. The Kier molecular flexibility index (Phi) is 4.18. The predicted molar refractivity (Wildman–Crippen MR) is 91.7 cm³/mol. The lowest BCUT2D eigenvalue weighted by Crippen LogP contribution is -1.94. The van der Waals surface area contributed by atoms with E-state index in [0.29, 0.717) is 0 Å². The van der Waals surface area contributed by atoms with Gasteiger partial charge in [0, 0.05) is 9.17 Å². The lowest BCUT2D eigenvalue weighted by Gasteiger charge is -2.12. The van der Waals surface area contributed by atoms with Gasteiger partial charge in [-0.1, -0.05) is 51.8 Å². The van der Waals surface area contributed by atoms with Gasteiger partial charge in [0.25, 0.3) is 0 Å². The summed E-state index contributed by atoms with van der Waals surface area (Å²) >= 11 is 14.9. The molecule has 3 aromatic rings. The first-order valence-electron chi connectivity index (χ1n) is 5.83. The van der Waals surface area contributed by atoms with Crippen LogP contribution in [-0.4, -0.2) is 0 Å². The van der Waals surface area contributed by atoms with E-state index < -0.39 is 5.82 Å². The number of fused-ring (bicyclic) bond motifs is 1. The van der Waals surface area contributed by atoms with Crippen molar-refractivity contribution in [2.45, 2.75) is 4.83 Å². The molecule has 102 valence electrons. The third-order valence-corrected chi connectivity index (χ3v) is 6.47. The quantitative estimate of drug-likeness (QED) is 0.383. The van der Waals surface area contributed by atoms with Gasteiger partial charge in [0.1, 0.15) is 5.82 Å². The summed E-state index contributed by atoms with van der Waals surface area (Å²) in [5.41, 5.74) is 1.84. The zero-order valence-electron chi connectivity index (χ0n) is 10.0. The van der Waals surface area contributed by atoms with Crippen molar-refractivity contribution < 1.29 is 4.39 Å². The van der Waals surface area contributed by atoms with E-state index in [1.165, 1.54) is 10.8 Å². The van der Waals surface area contributed by atoms with Gasteiger partial charge in [0.15, 0.2) is 0 Å². The molecule has 20 heavy (non-hydrogen) atoms. The van der Waals surface area contributed by atoms with Gasteiger partial charge in [-0.3, -0.25) is 0 Å². The lowest BCUT2D eigenvalue weighted by molar-refractivity contribution is 0.626. The molecule has 0 amide bonds. The molecule has 0 saturated carbocycles. The number of hydrogen-bond donors (Lipinski definition) is 0. The van der Waals surface area contributed by atoms with E-state index in [-0.39, 0.29) is 9.85 Å². The van der Waals surface area contributed by atoms with Crippen molar-refractivity contribution in [2.75, 3.05) is 0 Å². The summed E-state index contributed by atoms with van der Waals surface area (Å²) in [6.07, 6.45) is 0. The normalized spacial score (nSPS) is 12.8. The molecule has 0 bridgehead atoms. The minimum absolute atomic E-state index is 0.131. The molecule has 3 rings (SSSR count). The second-order valence-corrected chi connectivity index (χ2v) is 7.34. The molecule has 1 aromatic heterocycles. The molecule has 0 saturated heterocycles. The van der Waals surface area contributed by atoms with E-state index in [1.807, 2.05) is 18.2 Å². The Labute approximate surface area is 141 Å². The molecular formula is C15H8Br2ClFS. The molecule has 0 aliphatic carbocycles. The van der Waals surface area contributed by atoms with Gasteiger partial charge in [-0.2, -0.15) is 0 Å². The number of benzene rings is 2. The highest BCUT2D eigenvalue weighted by Gasteiger charge is 2.19. The van der Waals surface area contributed by atoms with Crippen molar-refractivity contribution in [1.29, 1.82) is 0 Å². The molecule has 0 nitrogen and oxygen atoms in total. The molecule has 1 atom stereocenters. The minimum Gasteiger partial charge on any atom is -0.205 e. The third kappa shape index (κ3) is 2.43. The molecule has 0 N–H and O–H groups in total. The number of hydrogen-bond acceptors (Lipinski definition) is 1. The Hall–Kier alpha value is -0.420. The molecule has 0 fully saturated rings. The molecule has 1 unspecified atom stereocenters. The van der Waals surface area contributed by atoms with Crippen molar-refractivity contribution in [2.24, 2.45) is 0 Å². The molecule has 1 heterocycles. The highest BCUT2D eigenvalue weighted by molar-refractivity contribution is 9.10. The van der Waals surface area contributed by atoms with Gasteiger partial charge in [0.05, 0.1) is 9.85 Å². The zero-order chi connectivity index (χ0) is 14.3. The summed E-state index contributed by atoms with van der Waals surface area (Å²) in [5, 5.41) is 3.39. The number of rotatable bonds is 2. The van der Waals surface area contributed by atoms with Crippen molar-refractivity contribution in [3.63, 3.8) is 0 Å². The largest absolute Gasteiger partial charge is 0.205 e. The van der Waals surface area contributed by atoms with Gasteiger partial charge in [-0.25, -0.2) is 4.39 Å². The Balaban J connectivity index is 2.16. The smallest absolute Gasteiger partial charge is 0.142 e. The van der Waals surface area contributed by atoms with Crippen LogP contribution in [0, 0.1) is 5.82 Å². The van der Waals surface area contributed by atoms with Crippen LogP contribution in [0.4, 0.5) is 4.39 Å². The topological polar surface area (TPSA) is 0 Å². The van der Waals surface area contributed by atoms with E-state index in [4.69, 9.17) is 11.6 Å². The van der Waals surface area contributed by atoms with Gasteiger partial charge >= 0.3 is 0 Å². The molecule has 5 heteroatoms. The van der Waals surface area contributed by atoms with E-state index in [1.54, 1.807) is 17.4 Å². The monoisotopic (exact) mass is 432 g/mol. The maximum absolute atomic E-state index is 13.6. The Morgan fingerprint density at radius 1 is 1.10 bits per heavy atom. The molecule has 0 spiro atoms. The number of alkyl halides is 1. The van der Waals surface area contributed by atoms with Crippen LogP contribution in [-0.2, 0) is 0 Å². The van der Waals surface area contributed by atoms with Gasteiger partial charge in [0.2, 0.25) is 0 Å². The van der Waals surface area contributed by atoms with Crippen LogP contribution in [0.3, 0.4) is 0 Å². The summed E-state index contributed by atoms with van der Waals surface area (Å²) in [5.74, 6) is -0.394.